The van der Waals surface area contributed by atoms with E-state index in [1.807, 2.05) is 0 Å². The minimum absolute atomic E-state index is 0. The van der Waals surface area contributed by atoms with E-state index in [9.17, 15) is 9.00 Å². The first kappa shape index (κ1) is 11.2. The quantitative estimate of drug-likeness (QED) is 0.376. The summed E-state index contributed by atoms with van der Waals surface area (Å²) in [5.74, 6) is 0. The third-order valence-electron chi connectivity index (χ3n) is 0.143. The fraction of sp³-hybridized carbons (Fsp3) is 0. The SMILES string of the molecule is O=C(O)OS(=O)O.[NaH]. The van der Waals surface area contributed by atoms with Crippen molar-refractivity contribution in [1.82, 2.24) is 0 Å². The zero-order valence-electron chi connectivity index (χ0n) is 3.03. The van der Waals surface area contributed by atoms with E-state index in [0.717, 1.165) is 0 Å². The van der Waals surface area contributed by atoms with Crippen LogP contribution in [0.3, 0.4) is 0 Å². The molecule has 0 fully saturated rings. The van der Waals surface area contributed by atoms with Gasteiger partial charge in [-0.05, 0) is 0 Å². The van der Waals surface area contributed by atoms with Gasteiger partial charge in [0.25, 0.3) is 0 Å². The molecule has 1 atom stereocenters. The summed E-state index contributed by atoms with van der Waals surface area (Å²) in [6.45, 7) is 0. The Morgan fingerprint density at radius 2 is 2.00 bits per heavy atom. The Labute approximate surface area is 69.8 Å². The van der Waals surface area contributed by atoms with E-state index < -0.39 is 17.5 Å². The monoisotopic (exact) mass is 150 g/mol. The Morgan fingerprint density at radius 1 is 1.62 bits per heavy atom. The van der Waals surface area contributed by atoms with E-state index in [-0.39, 0.29) is 29.6 Å². The van der Waals surface area contributed by atoms with Crippen molar-refractivity contribution in [1.29, 1.82) is 0 Å². The molecule has 2 N–H and O–H groups in total. The van der Waals surface area contributed by atoms with Gasteiger partial charge in [0.15, 0.2) is 0 Å². The second-order valence-electron chi connectivity index (χ2n) is 0.566. The molecule has 0 amide bonds. The molecular formula is CH3NaO5S. The van der Waals surface area contributed by atoms with E-state index in [1.165, 1.54) is 0 Å². The zero-order chi connectivity index (χ0) is 5.86. The van der Waals surface area contributed by atoms with Crippen LogP contribution in [0.1, 0.15) is 0 Å². The number of hydrogen-bond donors (Lipinski definition) is 2. The second-order valence-corrected chi connectivity index (χ2v) is 1.17. The standard InChI is InChI=1S/CH2O5S.Na.H/c2-1(3)6-7(4)5;;/h(H,2,3)(H,4,5);;. The molecule has 8 heavy (non-hydrogen) atoms. The van der Waals surface area contributed by atoms with Crippen LogP contribution in [0.5, 0.6) is 0 Å². The average molecular weight is 150 g/mol. The first-order valence-corrected chi connectivity index (χ1v) is 2.18. The van der Waals surface area contributed by atoms with Gasteiger partial charge in [0.2, 0.25) is 0 Å². The normalized spacial score (nSPS) is 11.1. The van der Waals surface area contributed by atoms with Gasteiger partial charge in [-0.2, -0.15) is 4.21 Å². The molecule has 0 radical (unpaired) electrons. The van der Waals surface area contributed by atoms with Gasteiger partial charge in [0.1, 0.15) is 0 Å². The third-order valence-corrected chi connectivity index (χ3v) is 0.428. The summed E-state index contributed by atoms with van der Waals surface area (Å²) in [6.07, 6.45) is -1.76. The van der Waals surface area contributed by atoms with E-state index >= 15 is 0 Å². The van der Waals surface area contributed by atoms with Gasteiger partial charge in [0, 0.05) is 0 Å². The molecule has 0 aliphatic heterocycles. The molecule has 5 nitrogen and oxygen atoms in total. The number of rotatable bonds is 1. The predicted molar refractivity (Wildman–Crippen MR) is 27.0 cm³/mol. The van der Waals surface area contributed by atoms with Crippen LogP contribution in [0.15, 0.2) is 0 Å². The zero-order valence-corrected chi connectivity index (χ0v) is 3.84. The molecule has 0 bridgehead atoms. The fourth-order valence-electron chi connectivity index (χ4n) is 0.0610. The van der Waals surface area contributed by atoms with Crippen LogP contribution in [0.25, 0.3) is 0 Å². The Balaban J connectivity index is 0. The minimum atomic E-state index is -2.70. The van der Waals surface area contributed by atoms with Crippen molar-refractivity contribution < 1.29 is 22.8 Å². The van der Waals surface area contributed by atoms with Gasteiger partial charge in [-0.3, -0.25) is 4.55 Å². The third kappa shape index (κ3) is 9.63. The molecule has 0 saturated carbocycles. The number of carboxylic acid groups (broad SMARTS) is 1. The van der Waals surface area contributed by atoms with E-state index in [0.29, 0.717) is 0 Å². The molecule has 0 aliphatic rings. The van der Waals surface area contributed by atoms with Crippen LogP contribution >= 0.6 is 0 Å². The Morgan fingerprint density at radius 3 is 2.00 bits per heavy atom. The average Bonchev–Trinajstić information content (AvgIpc) is 1.27. The van der Waals surface area contributed by atoms with Crippen molar-refractivity contribution in [3.8, 4) is 0 Å². The fourth-order valence-corrected chi connectivity index (χ4v) is 0.183. The van der Waals surface area contributed by atoms with Crippen LogP contribution in [-0.4, -0.2) is 49.6 Å². The molecule has 44 valence electrons. The first-order valence-electron chi connectivity index (χ1n) is 1.15. The van der Waals surface area contributed by atoms with Gasteiger partial charge >= 0.3 is 47.1 Å². The summed E-state index contributed by atoms with van der Waals surface area (Å²) < 4.78 is 20.1. The second kappa shape index (κ2) is 5.52. The summed E-state index contributed by atoms with van der Waals surface area (Å²) in [4.78, 5) is 9.23. The Hall–Kier alpha value is 0.380. The van der Waals surface area contributed by atoms with Crippen molar-refractivity contribution in [3.05, 3.63) is 0 Å². The molecule has 7 heteroatoms. The molecule has 0 aromatic carbocycles. The van der Waals surface area contributed by atoms with Gasteiger partial charge in [-0.1, -0.05) is 0 Å². The predicted octanol–water partition coefficient (Wildman–Crippen LogP) is -0.831. The van der Waals surface area contributed by atoms with Crippen molar-refractivity contribution in [2.24, 2.45) is 0 Å². The molecule has 0 saturated heterocycles. The summed E-state index contributed by atoms with van der Waals surface area (Å²) in [5, 5.41) is 7.51. The van der Waals surface area contributed by atoms with E-state index in [1.54, 1.807) is 0 Å². The van der Waals surface area contributed by atoms with Gasteiger partial charge in [-0.25, -0.2) is 4.79 Å². The van der Waals surface area contributed by atoms with Crippen molar-refractivity contribution in [3.63, 3.8) is 0 Å². The number of carbonyl (C=O) groups is 1. The maximum atomic E-state index is 9.32. The molecule has 0 aliphatic carbocycles. The molecule has 0 heterocycles. The van der Waals surface area contributed by atoms with Crippen LogP contribution < -0.4 is 0 Å². The summed E-state index contributed by atoms with van der Waals surface area (Å²) in [5.41, 5.74) is 0. The summed E-state index contributed by atoms with van der Waals surface area (Å²) >= 11 is -2.70. The van der Waals surface area contributed by atoms with Crippen LogP contribution in [0.4, 0.5) is 4.79 Å². The van der Waals surface area contributed by atoms with E-state index in [2.05, 4.69) is 4.18 Å². The molecule has 0 rings (SSSR count). The topological polar surface area (TPSA) is 83.8 Å². The summed E-state index contributed by atoms with van der Waals surface area (Å²) in [7, 11) is 0. The molecule has 0 aromatic rings. The number of hydrogen-bond acceptors (Lipinski definition) is 3. The van der Waals surface area contributed by atoms with Gasteiger partial charge in [0.05, 0.1) is 0 Å². The van der Waals surface area contributed by atoms with Crippen LogP contribution in [0, 0.1) is 0 Å². The van der Waals surface area contributed by atoms with Crippen molar-refractivity contribution in [2.75, 3.05) is 0 Å². The van der Waals surface area contributed by atoms with Crippen LogP contribution in [0.2, 0.25) is 0 Å². The molecule has 0 spiro atoms. The van der Waals surface area contributed by atoms with Crippen molar-refractivity contribution >= 4 is 47.1 Å². The molecule has 1 unspecified atom stereocenters. The summed E-state index contributed by atoms with van der Waals surface area (Å²) in [6, 6.07) is 0. The Bertz CT molecular complexity index is 88.6. The van der Waals surface area contributed by atoms with Gasteiger partial charge in [-0.15, -0.1) is 0 Å². The first-order chi connectivity index (χ1) is 3.13. The van der Waals surface area contributed by atoms with Gasteiger partial charge < -0.3 is 9.29 Å². The Kier molecular flexibility index (Phi) is 7.73. The van der Waals surface area contributed by atoms with E-state index in [4.69, 9.17) is 9.66 Å². The van der Waals surface area contributed by atoms with Crippen molar-refractivity contribution in [2.45, 2.75) is 0 Å². The molecular weight excluding hydrogens is 147 g/mol. The molecule has 0 aromatic heterocycles. The van der Waals surface area contributed by atoms with Crippen LogP contribution in [-0.2, 0) is 15.5 Å². The maximum absolute atomic E-state index is 9.32.